The molecule has 0 bridgehead atoms. The lowest BCUT2D eigenvalue weighted by molar-refractivity contribution is -0.132. The summed E-state index contributed by atoms with van der Waals surface area (Å²) < 4.78 is -0.672. The van der Waals surface area contributed by atoms with Crippen molar-refractivity contribution in [2.75, 3.05) is 20.1 Å². The number of carbonyl (C=O) groups excluding carboxylic acids is 1. The number of carbonyl (C=O) groups is 1. The van der Waals surface area contributed by atoms with E-state index in [1.165, 1.54) is 6.33 Å². The fourth-order valence-corrected chi connectivity index (χ4v) is 3.47. The highest BCUT2D eigenvalue weighted by Crippen LogP contribution is 2.34. The van der Waals surface area contributed by atoms with Crippen molar-refractivity contribution in [2.24, 2.45) is 5.92 Å². The summed E-state index contributed by atoms with van der Waals surface area (Å²) in [6, 6.07) is 3.34. The second-order valence-corrected chi connectivity index (χ2v) is 6.44. The van der Waals surface area contributed by atoms with Gasteiger partial charge in [0.05, 0.1) is 19.7 Å². The van der Waals surface area contributed by atoms with Crippen LogP contribution in [0.4, 0.5) is 5.82 Å². The molecule has 1 saturated heterocycles. The lowest BCUT2D eigenvalue weighted by Gasteiger charge is -2.50. The predicted octanol–water partition coefficient (Wildman–Crippen LogP) is 1.54. The average Bonchev–Trinajstić information content (AvgIpc) is 3.03. The molecule has 1 N–H and O–H groups in total. The molecule has 0 aromatic carbocycles. The van der Waals surface area contributed by atoms with Crippen molar-refractivity contribution in [3.8, 4) is 6.07 Å². The molecule has 0 radical (unpaired) electrons. The summed E-state index contributed by atoms with van der Waals surface area (Å²) in [5, 5.41) is 23.0. The SMILES string of the molecule is C[C@@H]1CCN(C(=O)CC#N)C[C@H]1[N+](C)([O-])c1ncnc2[nH]ccc12. The summed E-state index contributed by atoms with van der Waals surface area (Å²) in [5.74, 6) is 0.319. The molecule has 1 fully saturated rings. The second kappa shape index (κ2) is 6.19. The first-order valence-corrected chi connectivity index (χ1v) is 7.95. The van der Waals surface area contributed by atoms with Gasteiger partial charge in [0.1, 0.15) is 29.8 Å². The quantitative estimate of drug-likeness (QED) is 0.679. The number of nitrogens with one attached hydrogen (secondary N) is 1. The van der Waals surface area contributed by atoms with Gasteiger partial charge in [-0.3, -0.25) is 4.79 Å². The zero-order valence-corrected chi connectivity index (χ0v) is 13.8. The van der Waals surface area contributed by atoms with E-state index in [2.05, 4.69) is 15.0 Å². The Morgan fingerprint density at radius 2 is 2.38 bits per heavy atom. The minimum absolute atomic E-state index is 0.141. The number of likely N-dealkylation sites (tertiary alicyclic amines) is 1. The number of quaternary nitrogens is 1. The van der Waals surface area contributed by atoms with Gasteiger partial charge in [0.25, 0.3) is 0 Å². The highest BCUT2D eigenvalue weighted by atomic mass is 16.5. The molecular formula is C16H20N6O2. The standard InChI is InChI=1S/C16H20N6O2/c1-11-5-8-21(14(23)3-6-17)9-13(11)22(2,24)16-12-4-7-18-15(12)19-10-20-16/h4,7,10-11,13H,3,5,8-9H2,1-2H3,(H,18,19,20)/t11-,13-,22?/m1/s1. The van der Waals surface area contributed by atoms with E-state index >= 15 is 0 Å². The fourth-order valence-electron chi connectivity index (χ4n) is 3.47. The van der Waals surface area contributed by atoms with Gasteiger partial charge < -0.3 is 19.7 Å². The van der Waals surface area contributed by atoms with E-state index < -0.39 is 4.65 Å². The molecule has 24 heavy (non-hydrogen) atoms. The van der Waals surface area contributed by atoms with Gasteiger partial charge in [-0.2, -0.15) is 10.2 Å². The van der Waals surface area contributed by atoms with Crippen LogP contribution < -0.4 is 4.65 Å². The summed E-state index contributed by atoms with van der Waals surface area (Å²) >= 11 is 0. The number of hydrogen-bond acceptors (Lipinski definition) is 5. The number of rotatable bonds is 3. The van der Waals surface area contributed by atoms with E-state index in [-0.39, 0.29) is 24.3 Å². The predicted molar refractivity (Wildman–Crippen MR) is 89.4 cm³/mol. The fraction of sp³-hybridized carbons (Fsp3) is 0.500. The first kappa shape index (κ1) is 16.4. The van der Waals surface area contributed by atoms with Gasteiger partial charge >= 0.3 is 0 Å². The monoisotopic (exact) mass is 328 g/mol. The minimum atomic E-state index is -0.672. The van der Waals surface area contributed by atoms with Crippen molar-refractivity contribution in [3.63, 3.8) is 0 Å². The van der Waals surface area contributed by atoms with Crippen molar-refractivity contribution >= 4 is 22.8 Å². The van der Waals surface area contributed by atoms with Crippen LogP contribution in [0.5, 0.6) is 0 Å². The molecule has 8 nitrogen and oxygen atoms in total. The third-order valence-corrected chi connectivity index (χ3v) is 4.89. The van der Waals surface area contributed by atoms with Crippen LogP contribution in [0, 0.1) is 22.5 Å². The maximum absolute atomic E-state index is 13.5. The topological polar surface area (TPSA) is 109 Å². The maximum Gasteiger partial charge on any atom is 0.240 e. The number of nitriles is 1. The van der Waals surface area contributed by atoms with Crippen LogP contribution in [0.3, 0.4) is 0 Å². The van der Waals surface area contributed by atoms with Gasteiger partial charge in [-0.05, 0) is 12.5 Å². The second-order valence-electron chi connectivity index (χ2n) is 6.44. The summed E-state index contributed by atoms with van der Waals surface area (Å²) in [6.45, 7) is 2.94. The molecule has 8 heteroatoms. The van der Waals surface area contributed by atoms with Crippen LogP contribution in [0.25, 0.3) is 11.0 Å². The third kappa shape index (κ3) is 2.72. The van der Waals surface area contributed by atoms with Gasteiger partial charge in [-0.25, -0.2) is 4.98 Å². The van der Waals surface area contributed by atoms with Crippen molar-refractivity contribution in [1.29, 1.82) is 5.26 Å². The number of fused-ring (bicyclic) bond motifs is 1. The molecule has 1 aliphatic heterocycles. The number of amides is 1. The van der Waals surface area contributed by atoms with Gasteiger partial charge in [-0.1, -0.05) is 6.92 Å². The van der Waals surface area contributed by atoms with E-state index in [9.17, 15) is 10.0 Å². The van der Waals surface area contributed by atoms with Crippen molar-refractivity contribution in [1.82, 2.24) is 24.5 Å². The Bertz CT molecular complexity index is 793. The summed E-state index contributed by atoms with van der Waals surface area (Å²) in [4.78, 5) is 25.0. The van der Waals surface area contributed by atoms with Gasteiger partial charge in [0.15, 0.2) is 0 Å². The highest BCUT2D eigenvalue weighted by Gasteiger charge is 2.40. The molecule has 2 aromatic rings. The number of aromatic nitrogens is 3. The number of piperidine rings is 1. The normalized spacial score (nSPS) is 23.7. The molecule has 3 heterocycles. The molecule has 1 amide bonds. The highest BCUT2D eigenvalue weighted by molar-refractivity contribution is 5.86. The molecule has 1 unspecified atom stereocenters. The Morgan fingerprint density at radius 3 is 3.12 bits per heavy atom. The molecule has 0 spiro atoms. The first-order valence-electron chi connectivity index (χ1n) is 7.95. The Labute approximate surface area is 139 Å². The minimum Gasteiger partial charge on any atom is -0.626 e. The molecule has 0 aliphatic carbocycles. The number of nitrogens with zero attached hydrogens (tertiary/aromatic N) is 5. The smallest absolute Gasteiger partial charge is 0.240 e. The summed E-state index contributed by atoms with van der Waals surface area (Å²) in [7, 11) is 1.58. The molecule has 0 saturated carbocycles. The van der Waals surface area contributed by atoms with Gasteiger partial charge in [0.2, 0.25) is 11.7 Å². The summed E-state index contributed by atoms with van der Waals surface area (Å²) in [5.41, 5.74) is 0.626. The Hall–Kier alpha value is -2.50. The van der Waals surface area contributed by atoms with E-state index in [0.29, 0.717) is 29.9 Å². The van der Waals surface area contributed by atoms with Crippen LogP contribution in [-0.4, -0.2) is 51.9 Å². The van der Waals surface area contributed by atoms with Crippen LogP contribution in [0.1, 0.15) is 19.8 Å². The van der Waals surface area contributed by atoms with E-state index in [0.717, 1.165) is 6.42 Å². The van der Waals surface area contributed by atoms with Crippen molar-refractivity contribution < 1.29 is 4.79 Å². The molecular weight excluding hydrogens is 308 g/mol. The van der Waals surface area contributed by atoms with Gasteiger partial charge in [-0.15, -0.1) is 0 Å². The van der Waals surface area contributed by atoms with Crippen molar-refractivity contribution in [2.45, 2.75) is 25.8 Å². The summed E-state index contributed by atoms with van der Waals surface area (Å²) in [6.07, 6.45) is 3.70. The number of H-pyrrole nitrogens is 1. The largest absolute Gasteiger partial charge is 0.626 e. The lowest BCUT2D eigenvalue weighted by atomic mass is 9.91. The van der Waals surface area contributed by atoms with Crippen LogP contribution in [-0.2, 0) is 4.79 Å². The zero-order chi connectivity index (χ0) is 17.3. The third-order valence-electron chi connectivity index (χ3n) is 4.89. The average molecular weight is 328 g/mol. The Balaban J connectivity index is 1.94. The number of hydroxylamine groups is 2. The maximum atomic E-state index is 13.5. The molecule has 1 aliphatic rings. The Kier molecular flexibility index (Phi) is 4.22. The zero-order valence-electron chi connectivity index (χ0n) is 13.8. The lowest BCUT2D eigenvalue weighted by Crippen LogP contribution is -2.60. The van der Waals surface area contributed by atoms with Crippen LogP contribution in [0.15, 0.2) is 18.6 Å². The molecule has 3 rings (SSSR count). The van der Waals surface area contributed by atoms with Gasteiger partial charge in [0, 0.05) is 18.7 Å². The molecule has 3 atom stereocenters. The number of hydrogen-bond donors (Lipinski definition) is 1. The Morgan fingerprint density at radius 1 is 1.58 bits per heavy atom. The van der Waals surface area contributed by atoms with Crippen LogP contribution in [0.2, 0.25) is 0 Å². The van der Waals surface area contributed by atoms with E-state index in [1.54, 1.807) is 24.2 Å². The van der Waals surface area contributed by atoms with E-state index in [1.807, 2.05) is 13.0 Å². The van der Waals surface area contributed by atoms with Crippen LogP contribution >= 0.6 is 0 Å². The number of aromatic amines is 1. The molecule has 126 valence electrons. The first-order chi connectivity index (χ1) is 11.4. The van der Waals surface area contributed by atoms with Crippen molar-refractivity contribution in [3.05, 3.63) is 23.8 Å². The number of likely N-dealkylation sites (N-methyl/N-ethyl adjacent to an activating group) is 1. The van der Waals surface area contributed by atoms with E-state index in [4.69, 9.17) is 5.26 Å². The molecule has 2 aromatic heterocycles.